The fraction of sp³-hybridized carbons (Fsp3) is 0.462. The molecule has 2 rings (SSSR count). The Morgan fingerprint density at radius 3 is 2.28 bits per heavy atom. The maximum atomic E-state index is 11.4. The molecule has 1 amide bonds. The Labute approximate surface area is 119 Å². The first kappa shape index (κ1) is 15.3. The third-order valence-electron chi connectivity index (χ3n) is 3.09. The van der Waals surface area contributed by atoms with Gasteiger partial charge in [0.05, 0.1) is 0 Å². The topological polar surface area (TPSA) is 23.6 Å². The molecule has 1 heterocycles. The Hall–Kier alpha value is -0.770. The van der Waals surface area contributed by atoms with E-state index in [2.05, 4.69) is 29.2 Å². The lowest BCUT2D eigenvalue weighted by Crippen LogP contribution is -2.48. The summed E-state index contributed by atoms with van der Waals surface area (Å²) in [5, 5.41) is 0. The molecule has 0 unspecified atom stereocenters. The normalized spacial score (nSPS) is 16.2. The van der Waals surface area contributed by atoms with Gasteiger partial charge < -0.3 is 4.90 Å². The van der Waals surface area contributed by atoms with Gasteiger partial charge in [0.2, 0.25) is 5.91 Å². The predicted molar refractivity (Wildman–Crippen MR) is 76.3 cm³/mol. The average Bonchev–Trinajstić information content (AvgIpc) is 2.40. The number of amides is 1. The van der Waals surface area contributed by atoms with Gasteiger partial charge in [-0.1, -0.05) is 30.3 Å². The summed E-state index contributed by atoms with van der Waals surface area (Å²) in [6.07, 6.45) is 0. The summed E-state index contributed by atoms with van der Waals surface area (Å²) in [7, 11) is 0. The zero-order valence-electron chi connectivity index (χ0n) is 10.2. The van der Waals surface area contributed by atoms with Crippen molar-refractivity contribution in [1.29, 1.82) is 0 Å². The molecule has 3 nitrogen and oxygen atoms in total. The number of carbonyl (C=O) groups is 1. The van der Waals surface area contributed by atoms with Gasteiger partial charge >= 0.3 is 0 Å². The first-order valence-corrected chi connectivity index (χ1v) is 6.43. The highest BCUT2D eigenvalue weighted by atomic mass is 35.5. The van der Waals surface area contributed by atoms with Crippen LogP contribution < -0.4 is 0 Å². The van der Waals surface area contributed by atoms with E-state index in [0.717, 1.165) is 32.7 Å². The summed E-state index contributed by atoms with van der Waals surface area (Å²) in [5.74, 6) is 0.143. The summed E-state index contributed by atoms with van der Waals surface area (Å²) >= 11 is 5.55. The molecule has 0 N–H and O–H groups in total. The van der Waals surface area contributed by atoms with Crippen LogP contribution in [-0.4, -0.2) is 47.8 Å². The molecule has 100 valence electrons. The highest BCUT2D eigenvalue weighted by molar-refractivity contribution is 6.27. The molecule has 0 saturated carbocycles. The van der Waals surface area contributed by atoms with E-state index in [0.29, 0.717) is 0 Å². The summed E-state index contributed by atoms with van der Waals surface area (Å²) in [6.45, 7) is 4.40. The molecule has 1 aromatic rings. The third-order valence-corrected chi connectivity index (χ3v) is 3.32. The number of hydrogen-bond acceptors (Lipinski definition) is 2. The van der Waals surface area contributed by atoms with Gasteiger partial charge in [-0.05, 0) is 5.56 Å². The number of carbonyl (C=O) groups excluding carboxylic acids is 1. The molecule has 0 aromatic heterocycles. The molecular weight excluding hydrogens is 271 g/mol. The van der Waals surface area contributed by atoms with E-state index >= 15 is 0 Å². The van der Waals surface area contributed by atoms with Gasteiger partial charge in [-0.3, -0.25) is 9.69 Å². The minimum Gasteiger partial charge on any atom is -0.339 e. The van der Waals surface area contributed by atoms with Crippen LogP contribution >= 0.6 is 24.0 Å². The fourth-order valence-electron chi connectivity index (χ4n) is 2.08. The van der Waals surface area contributed by atoms with Crippen molar-refractivity contribution in [1.82, 2.24) is 9.80 Å². The van der Waals surface area contributed by atoms with E-state index in [9.17, 15) is 4.79 Å². The molecule has 0 atom stereocenters. The van der Waals surface area contributed by atoms with Crippen molar-refractivity contribution in [3.05, 3.63) is 35.9 Å². The second-order valence-electron chi connectivity index (χ2n) is 4.28. The molecule has 1 aliphatic rings. The van der Waals surface area contributed by atoms with E-state index < -0.39 is 0 Å². The van der Waals surface area contributed by atoms with Gasteiger partial charge in [-0.25, -0.2) is 0 Å². The molecule has 1 saturated heterocycles. The standard InChI is InChI=1S/C13H17ClN2O.ClH/c14-10-13(17)16-8-6-15(7-9-16)11-12-4-2-1-3-5-12;/h1-5H,6-11H2;1H. The SMILES string of the molecule is Cl.O=C(CCl)N1CCN(Cc2ccccc2)CC1. The van der Waals surface area contributed by atoms with Gasteiger partial charge in [0.25, 0.3) is 0 Å². The highest BCUT2D eigenvalue weighted by Crippen LogP contribution is 2.08. The van der Waals surface area contributed by atoms with Gasteiger partial charge in [-0.15, -0.1) is 24.0 Å². The second kappa shape index (κ2) is 7.62. The van der Waals surface area contributed by atoms with Crippen LogP contribution in [-0.2, 0) is 11.3 Å². The molecule has 5 heteroatoms. The number of benzene rings is 1. The third kappa shape index (κ3) is 4.16. The van der Waals surface area contributed by atoms with Gasteiger partial charge in [0, 0.05) is 32.7 Å². The molecular formula is C13H18Cl2N2O. The van der Waals surface area contributed by atoms with Crippen LogP contribution in [0.3, 0.4) is 0 Å². The summed E-state index contributed by atoms with van der Waals surface area (Å²) in [4.78, 5) is 15.6. The van der Waals surface area contributed by atoms with E-state index in [1.807, 2.05) is 11.0 Å². The van der Waals surface area contributed by atoms with E-state index in [-0.39, 0.29) is 24.2 Å². The predicted octanol–water partition coefficient (Wildman–Crippen LogP) is 1.99. The first-order chi connectivity index (χ1) is 8.29. The van der Waals surface area contributed by atoms with E-state index in [4.69, 9.17) is 11.6 Å². The summed E-state index contributed by atoms with van der Waals surface area (Å²) in [5.41, 5.74) is 1.32. The smallest absolute Gasteiger partial charge is 0.237 e. The Kier molecular flexibility index (Phi) is 6.47. The summed E-state index contributed by atoms with van der Waals surface area (Å²) < 4.78 is 0. The molecule has 1 aromatic carbocycles. The lowest BCUT2D eigenvalue weighted by molar-refractivity contribution is -0.130. The quantitative estimate of drug-likeness (QED) is 0.795. The van der Waals surface area contributed by atoms with Gasteiger partial charge in [0.15, 0.2) is 0 Å². The maximum absolute atomic E-state index is 11.4. The molecule has 1 aliphatic heterocycles. The molecule has 0 bridgehead atoms. The first-order valence-electron chi connectivity index (χ1n) is 5.89. The van der Waals surface area contributed by atoms with Crippen LogP contribution in [0.25, 0.3) is 0 Å². The lowest BCUT2D eigenvalue weighted by atomic mass is 10.2. The summed E-state index contributed by atoms with van der Waals surface area (Å²) in [6, 6.07) is 10.4. The number of rotatable bonds is 3. The minimum absolute atomic E-state index is 0. The second-order valence-corrected chi connectivity index (χ2v) is 4.54. The molecule has 0 spiro atoms. The maximum Gasteiger partial charge on any atom is 0.237 e. The molecule has 1 fully saturated rings. The van der Waals surface area contributed by atoms with Crippen LogP contribution in [0.4, 0.5) is 0 Å². The largest absolute Gasteiger partial charge is 0.339 e. The van der Waals surface area contributed by atoms with Crippen molar-refractivity contribution in [3.63, 3.8) is 0 Å². The van der Waals surface area contributed by atoms with Crippen molar-refractivity contribution >= 4 is 29.9 Å². The van der Waals surface area contributed by atoms with Crippen molar-refractivity contribution < 1.29 is 4.79 Å². The number of nitrogens with zero attached hydrogens (tertiary/aromatic N) is 2. The lowest BCUT2D eigenvalue weighted by Gasteiger charge is -2.34. The minimum atomic E-state index is 0. The zero-order valence-corrected chi connectivity index (χ0v) is 11.8. The van der Waals surface area contributed by atoms with Gasteiger partial charge in [0.1, 0.15) is 5.88 Å². The Bertz CT molecular complexity index is 365. The Balaban J connectivity index is 0.00000162. The van der Waals surface area contributed by atoms with Crippen LogP contribution in [0.2, 0.25) is 0 Å². The van der Waals surface area contributed by atoms with Crippen LogP contribution in [0.1, 0.15) is 5.56 Å². The fourth-order valence-corrected chi connectivity index (χ4v) is 2.25. The number of halogens is 2. The zero-order chi connectivity index (χ0) is 12.1. The van der Waals surface area contributed by atoms with E-state index in [1.54, 1.807) is 0 Å². The van der Waals surface area contributed by atoms with Crippen LogP contribution in [0.15, 0.2) is 30.3 Å². The van der Waals surface area contributed by atoms with Crippen LogP contribution in [0, 0.1) is 0 Å². The van der Waals surface area contributed by atoms with Crippen molar-refractivity contribution in [2.24, 2.45) is 0 Å². The van der Waals surface area contributed by atoms with E-state index in [1.165, 1.54) is 5.56 Å². The molecule has 0 radical (unpaired) electrons. The van der Waals surface area contributed by atoms with Crippen molar-refractivity contribution in [2.45, 2.75) is 6.54 Å². The number of hydrogen-bond donors (Lipinski definition) is 0. The monoisotopic (exact) mass is 288 g/mol. The van der Waals surface area contributed by atoms with Gasteiger partial charge in [-0.2, -0.15) is 0 Å². The average molecular weight is 289 g/mol. The van der Waals surface area contributed by atoms with Crippen molar-refractivity contribution in [2.75, 3.05) is 32.1 Å². The van der Waals surface area contributed by atoms with Crippen molar-refractivity contribution in [3.8, 4) is 0 Å². The highest BCUT2D eigenvalue weighted by Gasteiger charge is 2.19. The Morgan fingerprint density at radius 1 is 1.11 bits per heavy atom. The molecule has 18 heavy (non-hydrogen) atoms. The van der Waals surface area contributed by atoms with Crippen LogP contribution in [0.5, 0.6) is 0 Å². The Morgan fingerprint density at radius 2 is 1.72 bits per heavy atom. The number of piperazine rings is 1. The number of alkyl halides is 1. The molecule has 0 aliphatic carbocycles.